The van der Waals surface area contributed by atoms with Crippen LogP contribution in [0.4, 0.5) is 0 Å². The van der Waals surface area contributed by atoms with Gasteiger partial charge in [0.2, 0.25) is 5.91 Å². The van der Waals surface area contributed by atoms with Crippen LogP contribution in [-0.2, 0) is 11.2 Å². The quantitative estimate of drug-likeness (QED) is 0.705. The van der Waals surface area contributed by atoms with Gasteiger partial charge in [0.05, 0.1) is 0 Å². The summed E-state index contributed by atoms with van der Waals surface area (Å²) in [4.78, 5) is 19.1. The van der Waals surface area contributed by atoms with E-state index >= 15 is 0 Å². The lowest BCUT2D eigenvalue weighted by atomic mass is 9.48. The molecule has 4 aliphatic rings. The van der Waals surface area contributed by atoms with E-state index in [0.717, 1.165) is 36.9 Å². The third-order valence-electron chi connectivity index (χ3n) is 6.49. The number of amides is 1. The molecule has 4 aliphatic carbocycles. The Hall–Kier alpha value is -0.900. The summed E-state index contributed by atoms with van der Waals surface area (Å²) in [7, 11) is 1.95. The summed E-state index contributed by atoms with van der Waals surface area (Å²) in [6.07, 6.45) is 11.2. The van der Waals surface area contributed by atoms with Gasteiger partial charge in [-0.2, -0.15) is 0 Å². The summed E-state index contributed by atoms with van der Waals surface area (Å²) < 4.78 is 0.337. The third kappa shape index (κ3) is 3.26. The molecule has 4 heteroatoms. The monoisotopic (exact) mass is 390 g/mol. The molecule has 1 aromatic heterocycles. The molecule has 2 unspecified atom stereocenters. The fraction of sp³-hybridized carbons (Fsp3) is 0.700. The predicted octanol–water partition coefficient (Wildman–Crippen LogP) is 4.21. The van der Waals surface area contributed by atoms with E-state index in [1.807, 2.05) is 36.3 Å². The van der Waals surface area contributed by atoms with E-state index in [2.05, 4.69) is 20.9 Å². The second-order valence-corrected chi connectivity index (χ2v) is 10.4. The fourth-order valence-electron chi connectivity index (χ4n) is 5.95. The van der Waals surface area contributed by atoms with Gasteiger partial charge in [-0.15, -0.1) is 0 Å². The summed E-state index contributed by atoms with van der Waals surface area (Å²) in [5, 5.41) is 0. The van der Waals surface area contributed by atoms with Crippen LogP contribution in [0, 0.1) is 17.3 Å². The van der Waals surface area contributed by atoms with E-state index in [0.29, 0.717) is 10.2 Å². The molecule has 0 spiro atoms. The van der Waals surface area contributed by atoms with Crippen molar-refractivity contribution >= 4 is 21.8 Å². The summed E-state index contributed by atoms with van der Waals surface area (Å²) in [5.41, 5.74) is 1.33. The molecule has 2 atom stereocenters. The number of nitrogens with zero attached hydrogens (tertiary/aromatic N) is 2. The van der Waals surface area contributed by atoms with Crippen LogP contribution in [0.2, 0.25) is 0 Å². The topological polar surface area (TPSA) is 33.2 Å². The highest BCUT2D eigenvalue weighted by atomic mass is 79.9. The number of carbonyl (C=O) groups excluding carboxylic acids is 1. The van der Waals surface area contributed by atoms with Gasteiger partial charge in [0, 0.05) is 42.6 Å². The highest BCUT2D eigenvalue weighted by Crippen LogP contribution is 2.65. The highest BCUT2D eigenvalue weighted by Gasteiger charge is 2.57. The first-order valence-corrected chi connectivity index (χ1v) is 10.1. The zero-order valence-electron chi connectivity index (χ0n) is 14.5. The van der Waals surface area contributed by atoms with Crippen LogP contribution in [0.5, 0.6) is 0 Å². The Bertz CT molecular complexity index is 603. The molecule has 4 fully saturated rings. The lowest BCUT2D eigenvalue weighted by Gasteiger charge is -2.60. The van der Waals surface area contributed by atoms with Crippen LogP contribution < -0.4 is 0 Å². The van der Waals surface area contributed by atoms with E-state index < -0.39 is 0 Å². The van der Waals surface area contributed by atoms with Gasteiger partial charge in [0.15, 0.2) is 0 Å². The molecule has 1 amide bonds. The number of alkyl halides is 1. The summed E-state index contributed by atoms with van der Waals surface area (Å²) in [5.74, 6) is 2.01. The molecule has 0 radical (unpaired) electrons. The van der Waals surface area contributed by atoms with E-state index in [9.17, 15) is 4.79 Å². The number of aromatic nitrogens is 1. The predicted molar refractivity (Wildman–Crippen MR) is 99.0 cm³/mol. The summed E-state index contributed by atoms with van der Waals surface area (Å²) in [6.45, 7) is 0.762. The van der Waals surface area contributed by atoms with E-state index in [-0.39, 0.29) is 5.41 Å². The normalized spacial score (nSPS) is 36.8. The fourth-order valence-corrected chi connectivity index (χ4v) is 7.46. The Labute approximate surface area is 153 Å². The zero-order valence-corrected chi connectivity index (χ0v) is 16.1. The summed E-state index contributed by atoms with van der Waals surface area (Å²) in [6, 6.07) is 5.97. The summed E-state index contributed by atoms with van der Waals surface area (Å²) >= 11 is 4.05. The molecule has 0 saturated heterocycles. The van der Waals surface area contributed by atoms with E-state index in [4.69, 9.17) is 0 Å². The van der Waals surface area contributed by atoms with Crippen molar-refractivity contribution in [1.29, 1.82) is 0 Å². The van der Waals surface area contributed by atoms with Crippen LogP contribution in [0.15, 0.2) is 24.4 Å². The first kappa shape index (κ1) is 16.6. The van der Waals surface area contributed by atoms with Gasteiger partial charge in [-0.1, -0.05) is 22.0 Å². The minimum Gasteiger partial charge on any atom is -0.345 e. The Kier molecular flexibility index (Phi) is 4.22. The molecule has 130 valence electrons. The lowest BCUT2D eigenvalue weighted by Crippen LogP contribution is -2.54. The molecular formula is C20H27BrN2O. The molecular weight excluding hydrogens is 364 g/mol. The third-order valence-corrected chi connectivity index (χ3v) is 7.42. The van der Waals surface area contributed by atoms with Crippen molar-refractivity contribution < 1.29 is 4.79 Å². The average Bonchev–Trinajstić information content (AvgIpc) is 2.50. The van der Waals surface area contributed by atoms with Crippen molar-refractivity contribution in [2.75, 3.05) is 13.6 Å². The van der Waals surface area contributed by atoms with E-state index in [1.54, 1.807) is 0 Å². The van der Waals surface area contributed by atoms with Crippen LogP contribution in [-0.4, -0.2) is 33.7 Å². The standard InChI is InChI=1S/C20H27BrN2O/c1-23(7-5-17-4-2-3-6-22-17)18(24)13-19-9-15-8-16(10-19)12-20(21,11-15)14-19/h2-4,6,15-16H,5,7-14H2,1H3. The number of pyridine rings is 1. The van der Waals surface area contributed by atoms with Crippen LogP contribution in [0.25, 0.3) is 0 Å². The highest BCUT2D eigenvalue weighted by molar-refractivity contribution is 9.10. The van der Waals surface area contributed by atoms with Gasteiger partial charge >= 0.3 is 0 Å². The Morgan fingerprint density at radius 2 is 2.04 bits per heavy atom. The molecule has 0 aromatic carbocycles. The number of likely N-dealkylation sites (N-methyl/N-ethyl adjacent to an activating group) is 1. The van der Waals surface area contributed by atoms with Gasteiger partial charge in [-0.25, -0.2) is 0 Å². The maximum atomic E-state index is 12.8. The zero-order chi connectivity index (χ0) is 16.8. The average molecular weight is 391 g/mol. The first-order chi connectivity index (χ1) is 11.5. The molecule has 0 aliphatic heterocycles. The molecule has 4 saturated carbocycles. The Balaban J connectivity index is 1.37. The smallest absolute Gasteiger partial charge is 0.222 e. The van der Waals surface area contributed by atoms with Crippen molar-refractivity contribution in [3.8, 4) is 0 Å². The second-order valence-electron chi connectivity index (χ2n) is 8.68. The number of hydrogen-bond donors (Lipinski definition) is 0. The molecule has 1 heterocycles. The van der Waals surface area contributed by atoms with Crippen molar-refractivity contribution in [3.63, 3.8) is 0 Å². The molecule has 5 rings (SSSR count). The molecule has 1 aromatic rings. The molecule has 0 N–H and O–H groups in total. The lowest BCUT2D eigenvalue weighted by molar-refractivity contribution is -0.137. The van der Waals surface area contributed by atoms with Crippen molar-refractivity contribution in [3.05, 3.63) is 30.1 Å². The minimum atomic E-state index is 0.268. The van der Waals surface area contributed by atoms with Gasteiger partial charge in [0.1, 0.15) is 0 Å². The van der Waals surface area contributed by atoms with Gasteiger partial charge in [-0.05, 0) is 67.9 Å². The first-order valence-electron chi connectivity index (χ1n) is 9.28. The van der Waals surface area contributed by atoms with E-state index in [1.165, 1.54) is 38.5 Å². The largest absolute Gasteiger partial charge is 0.345 e. The minimum absolute atomic E-state index is 0.268. The molecule has 3 nitrogen and oxygen atoms in total. The maximum Gasteiger partial charge on any atom is 0.222 e. The number of halogens is 1. The SMILES string of the molecule is CN(CCc1ccccn1)C(=O)CC12CC3CC(CC(Br)(C3)C1)C2. The van der Waals surface area contributed by atoms with Crippen LogP contribution in [0.1, 0.15) is 50.6 Å². The number of carbonyl (C=O) groups is 1. The Morgan fingerprint density at radius 3 is 2.67 bits per heavy atom. The maximum absolute atomic E-state index is 12.8. The molecule has 4 bridgehead atoms. The van der Waals surface area contributed by atoms with Crippen molar-refractivity contribution in [2.45, 2.75) is 55.7 Å². The molecule has 24 heavy (non-hydrogen) atoms. The number of hydrogen-bond acceptors (Lipinski definition) is 2. The van der Waals surface area contributed by atoms with Crippen molar-refractivity contribution in [1.82, 2.24) is 9.88 Å². The van der Waals surface area contributed by atoms with Crippen LogP contribution >= 0.6 is 15.9 Å². The van der Waals surface area contributed by atoms with Gasteiger partial charge < -0.3 is 4.90 Å². The van der Waals surface area contributed by atoms with Gasteiger partial charge in [-0.3, -0.25) is 9.78 Å². The second kappa shape index (κ2) is 6.12. The van der Waals surface area contributed by atoms with Crippen molar-refractivity contribution in [2.24, 2.45) is 17.3 Å². The Morgan fingerprint density at radius 1 is 1.29 bits per heavy atom. The number of rotatable bonds is 5. The van der Waals surface area contributed by atoms with Crippen LogP contribution in [0.3, 0.4) is 0 Å². The van der Waals surface area contributed by atoms with Gasteiger partial charge in [0.25, 0.3) is 0 Å².